The highest BCUT2D eigenvalue weighted by atomic mass is 16.5. The molecule has 1 heterocycles. The molecule has 1 N–H and O–H groups in total. The van der Waals surface area contributed by atoms with Gasteiger partial charge >= 0.3 is 0 Å². The third-order valence-electron chi connectivity index (χ3n) is 4.05. The van der Waals surface area contributed by atoms with E-state index in [4.69, 9.17) is 9.47 Å². The number of rotatable bonds is 7. The lowest BCUT2D eigenvalue weighted by Crippen LogP contribution is -2.33. The van der Waals surface area contributed by atoms with Gasteiger partial charge in [-0.05, 0) is 31.0 Å². The number of nitrogens with zero attached hydrogens (tertiary/aromatic N) is 1. The lowest BCUT2D eigenvalue weighted by molar-refractivity contribution is -0.129. The van der Waals surface area contributed by atoms with Crippen molar-refractivity contribution < 1.29 is 19.1 Å². The largest absolute Gasteiger partial charge is 0.493 e. The molecular weight excluding hydrogens is 296 g/mol. The van der Waals surface area contributed by atoms with Crippen molar-refractivity contribution in [2.75, 3.05) is 33.9 Å². The fraction of sp³-hybridized carbons (Fsp3) is 0.529. The maximum Gasteiger partial charge on any atom is 0.225 e. The van der Waals surface area contributed by atoms with E-state index >= 15 is 0 Å². The zero-order chi connectivity index (χ0) is 16.8. The Morgan fingerprint density at radius 2 is 2.04 bits per heavy atom. The highest BCUT2D eigenvalue weighted by Crippen LogP contribution is 2.28. The predicted molar refractivity (Wildman–Crippen MR) is 86.6 cm³/mol. The fourth-order valence-electron chi connectivity index (χ4n) is 2.78. The second-order valence-electron chi connectivity index (χ2n) is 5.57. The van der Waals surface area contributed by atoms with Crippen LogP contribution in [0, 0.1) is 5.92 Å². The first kappa shape index (κ1) is 17.1. The van der Waals surface area contributed by atoms with Crippen LogP contribution in [0.2, 0.25) is 0 Å². The Kier molecular flexibility index (Phi) is 5.84. The summed E-state index contributed by atoms with van der Waals surface area (Å²) in [4.78, 5) is 25.6. The third kappa shape index (κ3) is 4.15. The van der Waals surface area contributed by atoms with Crippen LogP contribution in [0.3, 0.4) is 0 Å². The number of carbonyl (C=O) groups is 2. The van der Waals surface area contributed by atoms with Crippen molar-refractivity contribution in [1.29, 1.82) is 0 Å². The number of methoxy groups -OCH3 is 2. The van der Waals surface area contributed by atoms with Crippen LogP contribution in [-0.4, -0.2) is 50.6 Å². The monoisotopic (exact) mass is 320 g/mol. The number of likely N-dealkylation sites (tertiary alicyclic amines) is 1. The quantitative estimate of drug-likeness (QED) is 0.820. The van der Waals surface area contributed by atoms with E-state index in [1.807, 2.05) is 25.1 Å². The molecule has 1 fully saturated rings. The molecule has 2 rings (SSSR count). The number of carbonyl (C=O) groups excluding carboxylic acids is 2. The van der Waals surface area contributed by atoms with Gasteiger partial charge in [-0.1, -0.05) is 6.07 Å². The van der Waals surface area contributed by atoms with Crippen LogP contribution >= 0.6 is 0 Å². The van der Waals surface area contributed by atoms with Gasteiger partial charge in [0.05, 0.1) is 20.1 Å². The van der Waals surface area contributed by atoms with Gasteiger partial charge in [-0.15, -0.1) is 0 Å². The topological polar surface area (TPSA) is 67.9 Å². The van der Waals surface area contributed by atoms with Gasteiger partial charge in [-0.3, -0.25) is 9.59 Å². The number of amides is 2. The second-order valence-corrected chi connectivity index (χ2v) is 5.57. The molecule has 2 amide bonds. The van der Waals surface area contributed by atoms with E-state index in [0.717, 1.165) is 5.56 Å². The van der Waals surface area contributed by atoms with Crippen molar-refractivity contribution >= 4 is 11.8 Å². The molecule has 1 unspecified atom stereocenters. The summed E-state index contributed by atoms with van der Waals surface area (Å²) in [5, 5.41) is 2.78. The summed E-state index contributed by atoms with van der Waals surface area (Å²) in [6.07, 6.45) is 1.02. The summed E-state index contributed by atoms with van der Waals surface area (Å²) in [5.41, 5.74) is 1.07. The summed E-state index contributed by atoms with van der Waals surface area (Å²) in [6.45, 7) is 3.57. The molecule has 126 valence electrons. The Bertz CT molecular complexity index is 574. The summed E-state index contributed by atoms with van der Waals surface area (Å²) in [7, 11) is 3.20. The molecule has 0 aliphatic carbocycles. The van der Waals surface area contributed by atoms with Gasteiger partial charge in [0.1, 0.15) is 0 Å². The van der Waals surface area contributed by atoms with Crippen LogP contribution in [-0.2, 0) is 16.0 Å². The molecule has 6 heteroatoms. The van der Waals surface area contributed by atoms with E-state index in [-0.39, 0.29) is 17.7 Å². The number of ether oxygens (including phenoxy) is 2. The van der Waals surface area contributed by atoms with Crippen LogP contribution in [0.15, 0.2) is 18.2 Å². The third-order valence-corrected chi connectivity index (χ3v) is 4.05. The maximum absolute atomic E-state index is 12.0. The molecule has 1 aliphatic heterocycles. The number of hydrogen-bond acceptors (Lipinski definition) is 4. The van der Waals surface area contributed by atoms with Crippen molar-refractivity contribution in [2.24, 2.45) is 5.92 Å². The molecule has 1 atom stereocenters. The van der Waals surface area contributed by atoms with Crippen molar-refractivity contribution in [1.82, 2.24) is 10.2 Å². The second kappa shape index (κ2) is 7.85. The molecule has 23 heavy (non-hydrogen) atoms. The van der Waals surface area contributed by atoms with Gasteiger partial charge in [0.25, 0.3) is 0 Å². The average molecular weight is 320 g/mol. The average Bonchev–Trinajstić information content (AvgIpc) is 2.94. The smallest absolute Gasteiger partial charge is 0.225 e. The van der Waals surface area contributed by atoms with E-state index in [2.05, 4.69) is 5.32 Å². The molecule has 0 aromatic heterocycles. The van der Waals surface area contributed by atoms with Crippen LogP contribution < -0.4 is 14.8 Å². The normalized spacial score (nSPS) is 17.3. The molecule has 0 spiro atoms. The Morgan fingerprint density at radius 3 is 2.70 bits per heavy atom. The van der Waals surface area contributed by atoms with Crippen LogP contribution in [0.25, 0.3) is 0 Å². The summed E-state index contributed by atoms with van der Waals surface area (Å²) in [6, 6.07) is 5.74. The molecule has 1 aromatic carbocycles. The first-order valence-corrected chi connectivity index (χ1v) is 7.85. The molecule has 1 aromatic rings. The molecule has 1 saturated heterocycles. The minimum atomic E-state index is -0.229. The van der Waals surface area contributed by atoms with Crippen molar-refractivity contribution in [2.45, 2.75) is 19.8 Å². The molecule has 0 saturated carbocycles. The summed E-state index contributed by atoms with van der Waals surface area (Å²) < 4.78 is 10.5. The van der Waals surface area contributed by atoms with Gasteiger partial charge in [0.15, 0.2) is 11.5 Å². The molecule has 6 nitrogen and oxygen atoms in total. The van der Waals surface area contributed by atoms with Gasteiger partial charge in [-0.25, -0.2) is 0 Å². The van der Waals surface area contributed by atoms with E-state index in [1.54, 1.807) is 19.1 Å². The highest BCUT2D eigenvalue weighted by molar-refractivity contribution is 5.89. The number of hydrogen-bond donors (Lipinski definition) is 1. The van der Waals surface area contributed by atoms with Gasteiger partial charge in [-0.2, -0.15) is 0 Å². The van der Waals surface area contributed by atoms with Crippen LogP contribution in [0.4, 0.5) is 0 Å². The van der Waals surface area contributed by atoms with Crippen molar-refractivity contribution in [3.05, 3.63) is 23.8 Å². The molecule has 0 radical (unpaired) electrons. The van der Waals surface area contributed by atoms with Crippen molar-refractivity contribution in [3.8, 4) is 11.5 Å². The predicted octanol–water partition coefficient (Wildman–Crippen LogP) is 1.23. The summed E-state index contributed by atoms with van der Waals surface area (Å²) in [5.74, 6) is 1.15. The van der Waals surface area contributed by atoms with Crippen LogP contribution in [0.1, 0.15) is 18.9 Å². The number of nitrogens with one attached hydrogen (secondary N) is 1. The lowest BCUT2D eigenvalue weighted by atomic mass is 10.1. The van der Waals surface area contributed by atoms with Crippen LogP contribution in [0.5, 0.6) is 11.5 Å². The molecule has 0 bridgehead atoms. The van der Waals surface area contributed by atoms with E-state index < -0.39 is 0 Å². The van der Waals surface area contributed by atoms with E-state index in [0.29, 0.717) is 44.0 Å². The fourth-order valence-corrected chi connectivity index (χ4v) is 2.78. The van der Waals surface area contributed by atoms with Gasteiger partial charge in [0, 0.05) is 26.1 Å². The van der Waals surface area contributed by atoms with E-state index in [9.17, 15) is 9.59 Å². The Morgan fingerprint density at radius 1 is 1.30 bits per heavy atom. The lowest BCUT2D eigenvalue weighted by Gasteiger charge is -2.17. The molecular formula is C17H24N2O4. The van der Waals surface area contributed by atoms with Gasteiger partial charge in [0.2, 0.25) is 11.8 Å². The minimum Gasteiger partial charge on any atom is -0.493 e. The summed E-state index contributed by atoms with van der Waals surface area (Å²) >= 11 is 0. The standard InChI is InChI=1S/C17H24N2O4/c1-4-18-17(21)13-10-16(20)19(11-13)8-7-12-5-6-14(22-2)15(9-12)23-3/h5-6,9,13H,4,7-8,10-11H2,1-3H3,(H,18,21). The van der Waals surface area contributed by atoms with Gasteiger partial charge < -0.3 is 19.7 Å². The Hall–Kier alpha value is -2.24. The number of benzene rings is 1. The zero-order valence-electron chi connectivity index (χ0n) is 13.9. The Labute approximate surface area is 136 Å². The maximum atomic E-state index is 12.0. The Balaban J connectivity index is 1.93. The molecule has 1 aliphatic rings. The highest BCUT2D eigenvalue weighted by Gasteiger charge is 2.33. The van der Waals surface area contributed by atoms with Crippen molar-refractivity contribution in [3.63, 3.8) is 0 Å². The van der Waals surface area contributed by atoms with E-state index in [1.165, 1.54) is 0 Å². The SMILES string of the molecule is CCNC(=O)C1CC(=O)N(CCc2ccc(OC)c(OC)c2)C1. The first-order valence-electron chi connectivity index (χ1n) is 7.85. The zero-order valence-corrected chi connectivity index (χ0v) is 13.9. The minimum absolute atomic E-state index is 0.0329. The first-order chi connectivity index (χ1) is 11.1.